The summed E-state index contributed by atoms with van der Waals surface area (Å²) in [5.41, 5.74) is 17.8. The van der Waals surface area contributed by atoms with E-state index in [1.54, 1.807) is 0 Å². The molecule has 12 rings (SSSR count). The largest absolute Gasteiger partial charge is 0.456 e. The van der Waals surface area contributed by atoms with E-state index >= 15 is 0 Å². The fraction of sp³-hybridized carbons (Fsp3) is 0. The zero-order chi connectivity index (χ0) is 41.7. The number of rotatable bonds is 8. The second kappa shape index (κ2) is 15.3. The van der Waals surface area contributed by atoms with Crippen LogP contribution in [0.15, 0.2) is 247 Å². The van der Waals surface area contributed by atoms with Gasteiger partial charge in [0.15, 0.2) is 0 Å². The van der Waals surface area contributed by atoms with Crippen LogP contribution in [0.25, 0.3) is 93.9 Å². The first kappa shape index (κ1) is 36.5. The summed E-state index contributed by atoms with van der Waals surface area (Å²) in [5, 5.41) is 4.69. The summed E-state index contributed by atoms with van der Waals surface area (Å²) >= 11 is 0. The maximum atomic E-state index is 6.42. The molecule has 0 atom stereocenters. The average Bonchev–Trinajstić information content (AvgIpc) is 3.90. The molecule has 0 aliphatic rings. The fourth-order valence-corrected chi connectivity index (χ4v) is 9.31. The third kappa shape index (κ3) is 6.55. The van der Waals surface area contributed by atoms with Crippen molar-refractivity contribution in [1.29, 1.82) is 0 Å². The average molecular weight is 805 g/mol. The van der Waals surface area contributed by atoms with Gasteiger partial charge in [0.25, 0.3) is 0 Å². The lowest BCUT2D eigenvalue weighted by molar-refractivity contribution is 0.669. The quantitative estimate of drug-likeness (QED) is 0.153. The van der Waals surface area contributed by atoms with E-state index < -0.39 is 0 Å². The van der Waals surface area contributed by atoms with E-state index in [1.165, 1.54) is 55.2 Å². The van der Waals surface area contributed by atoms with Crippen molar-refractivity contribution in [3.8, 4) is 50.2 Å². The molecule has 3 nitrogen and oxygen atoms in total. The Morgan fingerprint density at radius 2 is 0.730 bits per heavy atom. The van der Waals surface area contributed by atoms with Crippen LogP contribution >= 0.6 is 0 Å². The summed E-state index contributed by atoms with van der Waals surface area (Å²) in [7, 11) is 0. The van der Waals surface area contributed by atoms with E-state index in [0.717, 1.165) is 55.8 Å². The maximum absolute atomic E-state index is 6.42. The number of nitrogens with zero attached hydrogens (tertiary/aromatic N) is 2. The minimum absolute atomic E-state index is 0.862. The molecule has 0 N–H and O–H groups in total. The van der Waals surface area contributed by atoms with Crippen LogP contribution in [-0.2, 0) is 0 Å². The Hall–Kier alpha value is -8.40. The smallest absolute Gasteiger partial charge is 0.137 e. The van der Waals surface area contributed by atoms with E-state index in [0.29, 0.717) is 0 Å². The first-order chi connectivity index (χ1) is 31.2. The Labute approximate surface area is 366 Å². The Balaban J connectivity index is 0.983. The van der Waals surface area contributed by atoms with Gasteiger partial charge < -0.3 is 13.9 Å². The first-order valence-corrected chi connectivity index (χ1v) is 21.5. The lowest BCUT2D eigenvalue weighted by Gasteiger charge is -2.26. The third-order valence-corrected chi connectivity index (χ3v) is 12.4. The molecule has 10 aromatic carbocycles. The van der Waals surface area contributed by atoms with Gasteiger partial charge in [-0.1, -0.05) is 158 Å². The van der Waals surface area contributed by atoms with Gasteiger partial charge >= 0.3 is 0 Å². The Morgan fingerprint density at radius 1 is 0.270 bits per heavy atom. The van der Waals surface area contributed by atoms with Gasteiger partial charge in [-0.2, -0.15) is 0 Å². The van der Waals surface area contributed by atoms with Gasteiger partial charge in [-0.3, -0.25) is 0 Å². The van der Waals surface area contributed by atoms with Gasteiger partial charge in [0.1, 0.15) is 11.2 Å². The molecule has 2 aromatic heterocycles. The normalized spacial score (nSPS) is 11.5. The molecule has 0 fully saturated rings. The van der Waals surface area contributed by atoms with E-state index in [4.69, 9.17) is 4.42 Å². The van der Waals surface area contributed by atoms with E-state index in [9.17, 15) is 0 Å². The molecule has 63 heavy (non-hydrogen) atoms. The highest BCUT2D eigenvalue weighted by atomic mass is 16.3. The van der Waals surface area contributed by atoms with Crippen molar-refractivity contribution >= 4 is 60.8 Å². The van der Waals surface area contributed by atoms with Crippen molar-refractivity contribution in [3.05, 3.63) is 243 Å². The zero-order valence-corrected chi connectivity index (χ0v) is 34.4. The molecule has 0 bridgehead atoms. The highest BCUT2D eigenvalue weighted by molar-refractivity contribution is 6.12. The molecular weight excluding hydrogens is 765 g/mol. The summed E-state index contributed by atoms with van der Waals surface area (Å²) in [4.78, 5) is 2.33. The molecule has 0 unspecified atom stereocenters. The van der Waals surface area contributed by atoms with E-state index in [1.807, 2.05) is 12.1 Å². The summed E-state index contributed by atoms with van der Waals surface area (Å²) in [6, 6.07) is 87.2. The van der Waals surface area contributed by atoms with Crippen molar-refractivity contribution in [2.75, 3.05) is 4.90 Å². The van der Waals surface area contributed by atoms with Crippen molar-refractivity contribution in [1.82, 2.24) is 4.57 Å². The number of hydrogen-bond acceptors (Lipinski definition) is 2. The predicted octanol–water partition coefficient (Wildman–Crippen LogP) is 16.8. The minimum Gasteiger partial charge on any atom is -0.456 e. The highest BCUT2D eigenvalue weighted by Gasteiger charge is 2.19. The number of furan rings is 1. The number of fused-ring (bicyclic) bond motifs is 6. The van der Waals surface area contributed by atoms with E-state index in [2.05, 4.69) is 240 Å². The monoisotopic (exact) mass is 804 g/mol. The standard InChI is InChI=1S/C60H40N2O/c1-4-14-41(15-5-1)44-26-30-49(31-27-44)61(52-32-33-54-53-24-10-11-25-59(53)63-60(54)40-52)50-22-12-20-45(36-50)46-21-13-23-51(37-46)62-57-34-28-47(42-16-6-2-7-17-42)38-55(57)56-39-48(29-35-58(56)62)43-18-8-3-9-19-43/h1-40H. The predicted molar refractivity (Wildman–Crippen MR) is 264 cm³/mol. The number of anilines is 3. The van der Waals surface area contributed by atoms with Crippen molar-refractivity contribution in [3.63, 3.8) is 0 Å². The molecule has 0 radical (unpaired) electrons. The van der Waals surface area contributed by atoms with Gasteiger partial charge in [-0.05, 0) is 123 Å². The topological polar surface area (TPSA) is 21.3 Å². The van der Waals surface area contributed by atoms with Gasteiger partial charge in [-0.15, -0.1) is 0 Å². The van der Waals surface area contributed by atoms with Crippen LogP contribution in [0, 0.1) is 0 Å². The molecule has 2 heterocycles. The van der Waals surface area contributed by atoms with Crippen LogP contribution in [0.1, 0.15) is 0 Å². The van der Waals surface area contributed by atoms with Crippen LogP contribution in [-0.4, -0.2) is 4.57 Å². The van der Waals surface area contributed by atoms with Crippen LogP contribution in [0.4, 0.5) is 17.1 Å². The SMILES string of the molecule is c1ccc(-c2ccc(N(c3cccc(-c4cccc(-n5c6ccc(-c7ccccc7)cc6c6cc(-c7ccccc7)ccc65)c4)c3)c3ccc4c(c3)oc3ccccc34)cc2)cc1. The van der Waals surface area contributed by atoms with Crippen LogP contribution in [0.2, 0.25) is 0 Å². The molecule has 0 amide bonds. The molecule has 0 saturated carbocycles. The molecular formula is C60H40N2O. The minimum atomic E-state index is 0.862. The van der Waals surface area contributed by atoms with Crippen LogP contribution in [0.3, 0.4) is 0 Å². The lowest BCUT2D eigenvalue weighted by Crippen LogP contribution is -2.10. The maximum Gasteiger partial charge on any atom is 0.137 e. The number of benzene rings is 10. The van der Waals surface area contributed by atoms with Crippen molar-refractivity contribution in [2.24, 2.45) is 0 Å². The molecule has 0 spiro atoms. The van der Waals surface area contributed by atoms with Crippen molar-refractivity contribution < 1.29 is 4.42 Å². The van der Waals surface area contributed by atoms with E-state index in [-0.39, 0.29) is 0 Å². The van der Waals surface area contributed by atoms with Gasteiger partial charge in [0, 0.05) is 50.4 Å². The summed E-state index contributed by atoms with van der Waals surface area (Å²) in [6.45, 7) is 0. The highest BCUT2D eigenvalue weighted by Crippen LogP contribution is 2.42. The summed E-state index contributed by atoms with van der Waals surface area (Å²) < 4.78 is 8.84. The molecule has 296 valence electrons. The Morgan fingerprint density at radius 3 is 1.38 bits per heavy atom. The van der Waals surface area contributed by atoms with Gasteiger partial charge in [0.2, 0.25) is 0 Å². The van der Waals surface area contributed by atoms with Crippen LogP contribution < -0.4 is 4.90 Å². The first-order valence-electron chi connectivity index (χ1n) is 21.5. The molecule has 0 aliphatic heterocycles. The molecule has 3 heteroatoms. The number of aromatic nitrogens is 1. The number of para-hydroxylation sites is 1. The molecule has 0 saturated heterocycles. The van der Waals surface area contributed by atoms with Crippen LogP contribution in [0.5, 0.6) is 0 Å². The molecule has 0 aliphatic carbocycles. The third-order valence-electron chi connectivity index (χ3n) is 12.4. The lowest BCUT2D eigenvalue weighted by atomic mass is 10.0. The van der Waals surface area contributed by atoms with Gasteiger partial charge in [0.05, 0.1) is 11.0 Å². The number of hydrogen-bond donors (Lipinski definition) is 0. The second-order valence-electron chi connectivity index (χ2n) is 16.2. The fourth-order valence-electron chi connectivity index (χ4n) is 9.31. The Bertz CT molecular complexity index is 3510. The summed E-state index contributed by atoms with van der Waals surface area (Å²) in [6.07, 6.45) is 0. The van der Waals surface area contributed by atoms with Gasteiger partial charge in [-0.25, -0.2) is 0 Å². The van der Waals surface area contributed by atoms with Crippen molar-refractivity contribution in [2.45, 2.75) is 0 Å². The second-order valence-corrected chi connectivity index (χ2v) is 16.2. The molecule has 12 aromatic rings. The summed E-state index contributed by atoms with van der Waals surface area (Å²) in [5.74, 6) is 0. The zero-order valence-electron chi connectivity index (χ0n) is 34.4. The Kier molecular flexibility index (Phi) is 8.83.